The zero-order valence-corrected chi connectivity index (χ0v) is 17.4. The smallest absolute Gasteiger partial charge is 0.303 e. The van der Waals surface area contributed by atoms with Crippen LogP contribution >= 0.6 is 0 Å². The van der Waals surface area contributed by atoms with Crippen molar-refractivity contribution in [1.82, 2.24) is 0 Å². The monoisotopic (exact) mass is 390 g/mol. The number of fused-ring (bicyclic) bond motifs is 5. The lowest BCUT2D eigenvalue weighted by atomic mass is 9.44. The number of rotatable bonds is 3. The van der Waals surface area contributed by atoms with E-state index in [1.165, 1.54) is 6.92 Å². The lowest BCUT2D eigenvalue weighted by Crippen LogP contribution is -2.58. The van der Waals surface area contributed by atoms with Gasteiger partial charge in [-0.2, -0.15) is 0 Å². The number of hydrogen-bond acceptors (Lipinski definition) is 5. The van der Waals surface area contributed by atoms with Crippen LogP contribution in [0.4, 0.5) is 0 Å². The number of esters is 1. The molecule has 0 aliphatic heterocycles. The van der Waals surface area contributed by atoms with Crippen LogP contribution in [0, 0.1) is 40.4 Å². The molecule has 4 aliphatic carbocycles. The molecule has 4 aliphatic rings. The van der Waals surface area contributed by atoms with Crippen LogP contribution in [0.2, 0.25) is 0 Å². The molecule has 0 saturated heterocycles. The fourth-order valence-electron chi connectivity index (χ4n) is 7.85. The molecule has 0 radical (unpaired) electrons. The van der Waals surface area contributed by atoms with Crippen molar-refractivity contribution < 1.29 is 24.2 Å². The SMILES string of the molecule is CC(=O)OCC(=O)[C@H]1CC[C@H]2[C@H]3CC[C@H]4C[C@H](O)CC[C@]4(C)[C@@H]3C(=O)C[C@]12C. The molecule has 0 aromatic rings. The van der Waals surface area contributed by atoms with Gasteiger partial charge in [-0.25, -0.2) is 0 Å². The molecular formula is C23H34O5. The van der Waals surface area contributed by atoms with E-state index in [2.05, 4.69) is 13.8 Å². The topological polar surface area (TPSA) is 80.7 Å². The molecule has 4 fully saturated rings. The van der Waals surface area contributed by atoms with Crippen molar-refractivity contribution in [2.24, 2.45) is 40.4 Å². The predicted molar refractivity (Wildman–Crippen MR) is 103 cm³/mol. The molecule has 4 rings (SSSR count). The highest BCUT2D eigenvalue weighted by molar-refractivity contribution is 5.89. The first-order chi connectivity index (χ1) is 13.2. The Hall–Kier alpha value is -1.23. The third kappa shape index (κ3) is 2.96. The van der Waals surface area contributed by atoms with Gasteiger partial charge in [-0.05, 0) is 73.5 Å². The third-order valence-corrected chi connectivity index (χ3v) is 9.13. The van der Waals surface area contributed by atoms with E-state index in [1.54, 1.807) is 0 Å². The fourth-order valence-corrected chi connectivity index (χ4v) is 7.85. The Kier molecular flexibility index (Phi) is 4.96. The molecule has 0 aromatic heterocycles. The van der Waals surface area contributed by atoms with Crippen molar-refractivity contribution in [2.45, 2.75) is 78.2 Å². The molecule has 1 N–H and O–H groups in total. The number of aliphatic hydroxyl groups is 1. The van der Waals surface area contributed by atoms with Gasteiger partial charge in [0.15, 0.2) is 5.78 Å². The number of aliphatic hydroxyl groups excluding tert-OH is 1. The Bertz CT molecular complexity index is 686. The van der Waals surface area contributed by atoms with E-state index in [-0.39, 0.29) is 41.2 Å². The van der Waals surface area contributed by atoms with Crippen LogP contribution in [-0.4, -0.2) is 35.4 Å². The molecule has 5 nitrogen and oxygen atoms in total. The van der Waals surface area contributed by atoms with E-state index < -0.39 is 5.97 Å². The summed E-state index contributed by atoms with van der Waals surface area (Å²) in [4.78, 5) is 37.4. The maximum Gasteiger partial charge on any atom is 0.303 e. The number of hydrogen-bond donors (Lipinski definition) is 1. The fraction of sp³-hybridized carbons (Fsp3) is 0.870. The van der Waals surface area contributed by atoms with Gasteiger partial charge in [-0.3, -0.25) is 14.4 Å². The third-order valence-electron chi connectivity index (χ3n) is 9.13. The van der Waals surface area contributed by atoms with Gasteiger partial charge in [-0.1, -0.05) is 13.8 Å². The number of ether oxygens (including phenoxy) is 1. The summed E-state index contributed by atoms with van der Waals surface area (Å²) < 4.78 is 4.97. The van der Waals surface area contributed by atoms with Crippen LogP contribution in [0.25, 0.3) is 0 Å². The number of carbonyl (C=O) groups excluding carboxylic acids is 3. The molecular weight excluding hydrogens is 356 g/mol. The van der Waals surface area contributed by atoms with Crippen LogP contribution in [0.1, 0.15) is 72.1 Å². The molecule has 0 heterocycles. The first-order valence-corrected chi connectivity index (χ1v) is 11.0. The molecule has 4 saturated carbocycles. The molecule has 0 bridgehead atoms. The highest BCUT2D eigenvalue weighted by atomic mass is 16.5. The van der Waals surface area contributed by atoms with Crippen molar-refractivity contribution in [2.75, 3.05) is 6.61 Å². The van der Waals surface area contributed by atoms with E-state index in [0.29, 0.717) is 30.0 Å². The average Bonchev–Trinajstić information content (AvgIpc) is 2.96. The van der Waals surface area contributed by atoms with E-state index >= 15 is 0 Å². The van der Waals surface area contributed by atoms with Crippen molar-refractivity contribution in [3.63, 3.8) is 0 Å². The minimum atomic E-state index is -0.432. The highest BCUT2D eigenvalue weighted by Gasteiger charge is 2.64. The summed E-state index contributed by atoms with van der Waals surface area (Å²) in [6, 6.07) is 0. The highest BCUT2D eigenvalue weighted by Crippen LogP contribution is 2.66. The van der Waals surface area contributed by atoms with Crippen molar-refractivity contribution in [3.05, 3.63) is 0 Å². The summed E-state index contributed by atoms with van der Waals surface area (Å²) >= 11 is 0. The quantitative estimate of drug-likeness (QED) is 0.748. The predicted octanol–water partition coefficient (Wildman–Crippen LogP) is 3.32. The summed E-state index contributed by atoms with van der Waals surface area (Å²) in [5.41, 5.74) is -0.298. The molecule has 0 spiro atoms. The number of carbonyl (C=O) groups is 3. The number of Topliss-reactive ketones (excluding diaryl/α,β-unsaturated/α-hetero) is 2. The normalized spacial score (nSPS) is 47.6. The second-order valence-electron chi connectivity index (χ2n) is 10.5. The Morgan fingerprint density at radius 3 is 2.57 bits per heavy atom. The maximum absolute atomic E-state index is 13.5. The summed E-state index contributed by atoms with van der Waals surface area (Å²) in [5, 5.41) is 10.1. The standard InChI is InChI=1S/C23H34O5/c1-13(24)28-12-20(27)18-7-6-17-16-5-4-14-10-15(25)8-9-22(14,2)21(16)19(26)11-23(17,18)3/h14-18,21,25H,4-12H2,1-3H3/t14-,15+,16+,17-,18+,21-,22-,23-/m0/s1. The molecule has 8 atom stereocenters. The second-order valence-corrected chi connectivity index (χ2v) is 10.5. The lowest BCUT2D eigenvalue weighted by Gasteiger charge is -2.59. The van der Waals surface area contributed by atoms with Gasteiger partial charge in [0.05, 0.1) is 6.10 Å². The van der Waals surface area contributed by atoms with Gasteiger partial charge in [0.25, 0.3) is 0 Å². The minimum absolute atomic E-state index is 0.000393. The molecule has 5 heteroatoms. The first-order valence-electron chi connectivity index (χ1n) is 11.0. The lowest BCUT2D eigenvalue weighted by molar-refractivity contribution is -0.163. The molecule has 28 heavy (non-hydrogen) atoms. The number of ketones is 2. The Balaban J connectivity index is 1.58. The largest absolute Gasteiger partial charge is 0.458 e. The molecule has 0 amide bonds. The maximum atomic E-state index is 13.5. The van der Waals surface area contributed by atoms with Crippen molar-refractivity contribution >= 4 is 17.5 Å². The molecule has 0 unspecified atom stereocenters. The second kappa shape index (κ2) is 6.93. The summed E-state index contributed by atoms with van der Waals surface area (Å²) in [5.74, 6) is 0.971. The first kappa shape index (κ1) is 20.1. The average molecular weight is 391 g/mol. The van der Waals surface area contributed by atoms with Gasteiger partial charge >= 0.3 is 5.97 Å². The van der Waals surface area contributed by atoms with Crippen LogP contribution in [-0.2, 0) is 19.1 Å². The zero-order valence-electron chi connectivity index (χ0n) is 17.4. The van der Waals surface area contributed by atoms with E-state index in [1.807, 2.05) is 0 Å². The minimum Gasteiger partial charge on any atom is -0.458 e. The van der Waals surface area contributed by atoms with Crippen LogP contribution < -0.4 is 0 Å². The van der Waals surface area contributed by atoms with Crippen LogP contribution in [0.15, 0.2) is 0 Å². The summed E-state index contributed by atoms with van der Waals surface area (Å²) in [7, 11) is 0. The Labute approximate surface area is 167 Å². The molecule has 0 aromatic carbocycles. The van der Waals surface area contributed by atoms with E-state index in [4.69, 9.17) is 4.74 Å². The van der Waals surface area contributed by atoms with Crippen molar-refractivity contribution in [3.8, 4) is 0 Å². The summed E-state index contributed by atoms with van der Waals surface area (Å²) in [6.45, 7) is 5.58. The molecule has 156 valence electrons. The Morgan fingerprint density at radius 1 is 1.11 bits per heavy atom. The van der Waals surface area contributed by atoms with Gasteiger partial charge in [-0.15, -0.1) is 0 Å². The summed E-state index contributed by atoms with van der Waals surface area (Å²) in [6.07, 6.45) is 6.74. The van der Waals surface area contributed by atoms with E-state index in [0.717, 1.165) is 44.9 Å². The Morgan fingerprint density at radius 2 is 1.86 bits per heavy atom. The van der Waals surface area contributed by atoms with E-state index in [9.17, 15) is 19.5 Å². The van der Waals surface area contributed by atoms with Gasteiger partial charge < -0.3 is 9.84 Å². The van der Waals surface area contributed by atoms with Crippen molar-refractivity contribution in [1.29, 1.82) is 0 Å². The van der Waals surface area contributed by atoms with Crippen LogP contribution in [0.3, 0.4) is 0 Å². The van der Waals surface area contributed by atoms with Crippen LogP contribution in [0.5, 0.6) is 0 Å². The zero-order chi connectivity index (χ0) is 20.3. The van der Waals surface area contributed by atoms with Gasteiger partial charge in [0.2, 0.25) is 0 Å². The van der Waals surface area contributed by atoms with Gasteiger partial charge in [0, 0.05) is 25.2 Å². The van der Waals surface area contributed by atoms with Gasteiger partial charge in [0.1, 0.15) is 12.4 Å².